The van der Waals surface area contributed by atoms with Gasteiger partial charge in [0.1, 0.15) is 18.2 Å². The molecule has 0 spiro atoms. The zero-order valence-corrected chi connectivity index (χ0v) is 13.4. The van der Waals surface area contributed by atoms with Crippen LogP contribution in [-0.2, 0) is 17.5 Å². The maximum atomic E-state index is 13.0. The highest BCUT2D eigenvalue weighted by atomic mass is 19.4. The zero-order valence-electron chi connectivity index (χ0n) is 13.4. The predicted octanol–water partition coefficient (Wildman–Crippen LogP) is 2.99. The third-order valence-electron chi connectivity index (χ3n) is 3.62. The molecule has 1 N–H and O–H groups in total. The molecule has 25 heavy (non-hydrogen) atoms. The summed E-state index contributed by atoms with van der Waals surface area (Å²) in [7, 11) is 0. The first-order chi connectivity index (χ1) is 11.6. The van der Waals surface area contributed by atoms with Crippen LogP contribution in [0.25, 0.3) is 0 Å². The highest BCUT2D eigenvalue weighted by Crippen LogP contribution is 2.34. The minimum absolute atomic E-state index is 0.103. The standard InChI is InChI=1S/C17H14F3N3O2/c1-10-7-11(2)23(16(25)12(10)8-21)9-15(24)22-14-6-4-3-5-13(14)17(18,19)20/h3-7H,9H2,1-2H3,(H,22,24). The molecule has 0 bridgehead atoms. The van der Waals surface area contributed by atoms with Crippen LogP contribution in [0.5, 0.6) is 0 Å². The number of para-hydroxylation sites is 1. The van der Waals surface area contributed by atoms with E-state index in [0.717, 1.165) is 16.7 Å². The van der Waals surface area contributed by atoms with Gasteiger partial charge in [0.05, 0.1) is 11.3 Å². The zero-order chi connectivity index (χ0) is 18.8. The molecule has 0 aliphatic rings. The van der Waals surface area contributed by atoms with Crippen LogP contribution in [0.15, 0.2) is 35.1 Å². The lowest BCUT2D eigenvalue weighted by Crippen LogP contribution is -2.31. The van der Waals surface area contributed by atoms with Gasteiger partial charge >= 0.3 is 6.18 Å². The van der Waals surface area contributed by atoms with Crippen molar-refractivity contribution < 1.29 is 18.0 Å². The lowest BCUT2D eigenvalue weighted by molar-refractivity contribution is -0.137. The van der Waals surface area contributed by atoms with Gasteiger partial charge in [0.15, 0.2) is 0 Å². The van der Waals surface area contributed by atoms with E-state index < -0.39 is 35.4 Å². The van der Waals surface area contributed by atoms with Crippen LogP contribution in [0.3, 0.4) is 0 Å². The van der Waals surface area contributed by atoms with E-state index in [9.17, 15) is 22.8 Å². The quantitative estimate of drug-likeness (QED) is 0.926. The van der Waals surface area contributed by atoms with E-state index in [1.807, 2.05) is 0 Å². The van der Waals surface area contributed by atoms with Crippen LogP contribution in [-0.4, -0.2) is 10.5 Å². The van der Waals surface area contributed by atoms with Crippen molar-refractivity contribution in [2.75, 3.05) is 5.32 Å². The van der Waals surface area contributed by atoms with E-state index in [2.05, 4.69) is 5.32 Å². The second kappa shape index (κ2) is 6.81. The van der Waals surface area contributed by atoms with Gasteiger partial charge in [0.25, 0.3) is 5.56 Å². The van der Waals surface area contributed by atoms with Crippen molar-refractivity contribution in [3.8, 4) is 6.07 Å². The van der Waals surface area contributed by atoms with Gasteiger partial charge in [0, 0.05) is 5.69 Å². The topological polar surface area (TPSA) is 74.9 Å². The molecule has 0 radical (unpaired) electrons. The number of nitriles is 1. The Kier molecular flexibility index (Phi) is 4.97. The molecular formula is C17H14F3N3O2. The number of benzene rings is 1. The largest absolute Gasteiger partial charge is 0.418 e. The molecule has 5 nitrogen and oxygen atoms in total. The predicted molar refractivity (Wildman–Crippen MR) is 85.0 cm³/mol. The molecule has 0 saturated carbocycles. The number of anilines is 1. The van der Waals surface area contributed by atoms with Crippen molar-refractivity contribution in [1.29, 1.82) is 5.26 Å². The van der Waals surface area contributed by atoms with E-state index in [1.165, 1.54) is 12.1 Å². The number of amides is 1. The average Bonchev–Trinajstić information content (AvgIpc) is 2.51. The van der Waals surface area contributed by atoms with Crippen LogP contribution < -0.4 is 10.9 Å². The summed E-state index contributed by atoms with van der Waals surface area (Å²) in [4.78, 5) is 24.4. The molecule has 130 valence electrons. The first kappa shape index (κ1) is 18.3. The molecular weight excluding hydrogens is 335 g/mol. The number of nitrogens with zero attached hydrogens (tertiary/aromatic N) is 2. The summed E-state index contributed by atoms with van der Waals surface area (Å²) in [5, 5.41) is 11.2. The molecule has 2 aromatic rings. The van der Waals surface area contributed by atoms with Gasteiger partial charge < -0.3 is 9.88 Å². The van der Waals surface area contributed by atoms with Gasteiger partial charge in [-0.3, -0.25) is 9.59 Å². The molecule has 0 saturated heterocycles. The van der Waals surface area contributed by atoms with Gasteiger partial charge in [-0.05, 0) is 37.6 Å². The lowest BCUT2D eigenvalue weighted by atomic mass is 10.1. The molecule has 1 amide bonds. The Morgan fingerprint density at radius 2 is 1.92 bits per heavy atom. The fraction of sp³-hybridized carbons (Fsp3) is 0.235. The molecule has 0 unspecified atom stereocenters. The fourth-order valence-electron chi connectivity index (χ4n) is 2.43. The molecule has 1 aromatic heterocycles. The van der Waals surface area contributed by atoms with Crippen molar-refractivity contribution in [3.05, 3.63) is 63.1 Å². The van der Waals surface area contributed by atoms with Crippen LogP contribution in [0.2, 0.25) is 0 Å². The Bertz CT molecular complexity index is 924. The number of carbonyl (C=O) groups excluding carboxylic acids is 1. The SMILES string of the molecule is Cc1cc(C)n(CC(=O)Nc2ccccc2C(F)(F)F)c(=O)c1C#N. The van der Waals surface area contributed by atoms with Crippen molar-refractivity contribution in [3.63, 3.8) is 0 Å². The molecule has 1 heterocycles. The number of nitrogens with one attached hydrogen (secondary N) is 1. The number of aryl methyl sites for hydroxylation is 2. The summed E-state index contributed by atoms with van der Waals surface area (Å²) in [6.07, 6.45) is -4.62. The highest BCUT2D eigenvalue weighted by molar-refractivity contribution is 5.91. The number of hydrogen-bond donors (Lipinski definition) is 1. The van der Waals surface area contributed by atoms with Crippen LogP contribution in [0.4, 0.5) is 18.9 Å². The Morgan fingerprint density at radius 1 is 1.28 bits per heavy atom. The number of carbonyl (C=O) groups is 1. The molecule has 8 heteroatoms. The van der Waals surface area contributed by atoms with E-state index in [4.69, 9.17) is 5.26 Å². The summed E-state index contributed by atoms with van der Waals surface area (Å²) in [5.41, 5.74) is -1.22. The van der Waals surface area contributed by atoms with Gasteiger partial charge in [-0.25, -0.2) is 0 Å². The van der Waals surface area contributed by atoms with Crippen LogP contribution >= 0.6 is 0 Å². The second-order valence-electron chi connectivity index (χ2n) is 5.44. The molecule has 2 rings (SSSR count). The van der Waals surface area contributed by atoms with Crippen molar-refractivity contribution in [2.45, 2.75) is 26.6 Å². The first-order valence-electron chi connectivity index (χ1n) is 7.22. The van der Waals surface area contributed by atoms with Gasteiger partial charge in [-0.1, -0.05) is 12.1 Å². The van der Waals surface area contributed by atoms with Gasteiger partial charge in [-0.2, -0.15) is 18.4 Å². The summed E-state index contributed by atoms with van der Waals surface area (Å²) in [5.74, 6) is -0.797. The maximum absolute atomic E-state index is 13.0. The Labute approximate surface area is 141 Å². The lowest BCUT2D eigenvalue weighted by Gasteiger charge is -2.15. The number of alkyl halides is 3. The smallest absolute Gasteiger partial charge is 0.324 e. The van der Waals surface area contributed by atoms with E-state index >= 15 is 0 Å². The van der Waals surface area contributed by atoms with Crippen molar-refractivity contribution >= 4 is 11.6 Å². The summed E-state index contributed by atoms with van der Waals surface area (Å²) < 4.78 is 39.9. The van der Waals surface area contributed by atoms with E-state index in [1.54, 1.807) is 26.0 Å². The van der Waals surface area contributed by atoms with Gasteiger partial charge in [0.2, 0.25) is 5.91 Å². The van der Waals surface area contributed by atoms with Crippen molar-refractivity contribution in [1.82, 2.24) is 4.57 Å². The van der Waals surface area contributed by atoms with E-state index in [-0.39, 0.29) is 5.56 Å². The minimum atomic E-state index is -4.62. The number of rotatable bonds is 3. The third-order valence-corrected chi connectivity index (χ3v) is 3.62. The van der Waals surface area contributed by atoms with E-state index in [0.29, 0.717) is 11.3 Å². The number of pyridine rings is 1. The molecule has 0 aliphatic carbocycles. The first-order valence-corrected chi connectivity index (χ1v) is 7.22. The van der Waals surface area contributed by atoms with Crippen molar-refractivity contribution in [2.24, 2.45) is 0 Å². The Balaban J connectivity index is 2.32. The summed E-state index contributed by atoms with van der Waals surface area (Å²) in [6, 6.07) is 7.90. The third kappa shape index (κ3) is 3.88. The normalized spacial score (nSPS) is 11.0. The number of halogens is 3. The molecule has 0 atom stereocenters. The highest BCUT2D eigenvalue weighted by Gasteiger charge is 2.33. The molecule has 0 fully saturated rings. The summed E-state index contributed by atoms with van der Waals surface area (Å²) >= 11 is 0. The number of hydrogen-bond acceptors (Lipinski definition) is 3. The number of aromatic nitrogens is 1. The van der Waals surface area contributed by atoms with Crippen LogP contribution in [0, 0.1) is 25.2 Å². The fourth-order valence-corrected chi connectivity index (χ4v) is 2.43. The second-order valence-corrected chi connectivity index (χ2v) is 5.44. The maximum Gasteiger partial charge on any atom is 0.418 e. The molecule has 1 aromatic carbocycles. The average molecular weight is 349 g/mol. The molecule has 0 aliphatic heterocycles. The monoisotopic (exact) mass is 349 g/mol. The van der Waals surface area contributed by atoms with Gasteiger partial charge in [-0.15, -0.1) is 0 Å². The minimum Gasteiger partial charge on any atom is -0.324 e. The Hall–Kier alpha value is -3.08. The summed E-state index contributed by atoms with van der Waals surface area (Å²) in [6.45, 7) is 2.68. The Morgan fingerprint density at radius 3 is 2.52 bits per heavy atom. The van der Waals surface area contributed by atoms with Crippen LogP contribution in [0.1, 0.15) is 22.4 Å².